The second kappa shape index (κ2) is 12.4. The van der Waals surface area contributed by atoms with Crippen molar-refractivity contribution in [3.63, 3.8) is 0 Å². The normalized spacial score (nSPS) is 27.4. The zero-order valence-electron chi connectivity index (χ0n) is 17.5. The van der Waals surface area contributed by atoms with Crippen molar-refractivity contribution in [3.8, 4) is 0 Å². The molecule has 1 rings (SSSR count). The van der Waals surface area contributed by atoms with Gasteiger partial charge in [0.15, 0.2) is 0 Å². The fourth-order valence-electron chi connectivity index (χ4n) is 2.82. The van der Waals surface area contributed by atoms with Gasteiger partial charge in [-0.3, -0.25) is 0 Å². The molecule has 0 N–H and O–H groups in total. The number of hydrogen-bond acceptors (Lipinski definition) is 10. The summed E-state index contributed by atoms with van der Waals surface area (Å²) in [5.74, 6) is -2.36. The molecule has 0 aromatic heterocycles. The molecule has 1 aliphatic heterocycles. The van der Waals surface area contributed by atoms with E-state index >= 15 is 0 Å². The molecule has 1 fully saturated rings. The number of carbonyl (C=O) groups excluding carboxylic acids is 4. The summed E-state index contributed by atoms with van der Waals surface area (Å²) in [6.07, 6.45) is -3.01. The Morgan fingerprint density at radius 2 is 1.38 bits per heavy atom. The van der Waals surface area contributed by atoms with Gasteiger partial charge in [0.2, 0.25) is 0 Å². The van der Waals surface area contributed by atoms with Gasteiger partial charge in [-0.15, -0.1) is 0 Å². The van der Waals surface area contributed by atoms with Crippen LogP contribution in [0, 0.1) is 0 Å². The van der Waals surface area contributed by atoms with E-state index < -0.39 is 67.2 Å². The van der Waals surface area contributed by atoms with Gasteiger partial charge >= 0.3 is 179 Å². The Hall–Kier alpha value is -1.25. The van der Waals surface area contributed by atoms with E-state index in [-0.39, 0.29) is 6.61 Å². The van der Waals surface area contributed by atoms with Crippen LogP contribution in [0.15, 0.2) is 0 Å². The molecule has 0 radical (unpaired) electrons. The molecule has 9 nitrogen and oxygen atoms in total. The van der Waals surface area contributed by atoms with Gasteiger partial charge in [0, 0.05) is 0 Å². The third-order valence-electron chi connectivity index (χ3n) is 3.77. The van der Waals surface area contributed by atoms with Gasteiger partial charge < -0.3 is 0 Å². The van der Waals surface area contributed by atoms with E-state index in [4.69, 9.17) is 23.7 Å². The van der Waals surface area contributed by atoms with Crippen molar-refractivity contribution >= 4 is 47.4 Å². The predicted octanol–water partition coefficient (Wildman–Crippen LogP) is 1.83. The Morgan fingerprint density at radius 1 is 0.862 bits per heavy atom. The van der Waals surface area contributed by atoms with E-state index in [0.717, 1.165) is 11.6 Å². The van der Waals surface area contributed by atoms with Crippen molar-refractivity contribution in [1.29, 1.82) is 0 Å². The number of esters is 4. The van der Waals surface area contributed by atoms with Crippen LogP contribution in [-0.2, 0) is 42.9 Å². The summed E-state index contributed by atoms with van der Waals surface area (Å²) in [6.45, 7) is 6.79. The maximum atomic E-state index is 11.8. The molecule has 0 saturated carbocycles. The van der Waals surface area contributed by atoms with Crippen LogP contribution >= 0.6 is 10.0 Å². The summed E-state index contributed by atoms with van der Waals surface area (Å²) in [7, 11) is 1.56. The van der Waals surface area contributed by atoms with Gasteiger partial charge in [-0.05, 0) is 0 Å². The minimum atomic E-state index is -1.37. The first kappa shape index (κ1) is 25.8. The summed E-state index contributed by atoms with van der Waals surface area (Å²) in [4.78, 5) is 46.4. The number of carbonyl (C=O) groups is 4. The van der Waals surface area contributed by atoms with Crippen LogP contribution in [0.3, 0.4) is 0 Å². The van der Waals surface area contributed by atoms with Crippen molar-refractivity contribution < 1.29 is 42.9 Å². The fraction of sp³-hybridized carbons (Fsp3) is 0.778. The molecular formula is C18H29AsO9S. The summed E-state index contributed by atoms with van der Waals surface area (Å²) < 4.78 is 27.3. The first-order chi connectivity index (χ1) is 13.5. The first-order valence-electron chi connectivity index (χ1n) is 9.23. The van der Waals surface area contributed by atoms with E-state index in [0.29, 0.717) is 0 Å². The molecule has 1 unspecified atom stereocenters. The third kappa shape index (κ3) is 8.97. The van der Waals surface area contributed by atoms with E-state index in [2.05, 4.69) is 12.6 Å². The average Bonchev–Trinajstić information content (AvgIpc) is 2.57. The fourth-order valence-corrected chi connectivity index (χ4v) is 10.0. The first-order valence-corrected chi connectivity index (χ1v) is 15.6. The second-order valence-corrected chi connectivity index (χ2v) is 15.3. The van der Waals surface area contributed by atoms with E-state index in [9.17, 15) is 19.2 Å². The van der Waals surface area contributed by atoms with Crippen molar-refractivity contribution in [2.75, 3.05) is 6.61 Å². The predicted molar refractivity (Wildman–Crippen MR) is 106 cm³/mol. The Kier molecular flexibility index (Phi) is 11.1. The maximum absolute atomic E-state index is 11.8. The summed E-state index contributed by atoms with van der Waals surface area (Å²) in [5.41, 5.74) is 1.50. The molecule has 1 heterocycles. The molecule has 1 aliphatic rings. The van der Waals surface area contributed by atoms with Crippen LogP contribution in [0.5, 0.6) is 0 Å². The van der Waals surface area contributed by atoms with Gasteiger partial charge in [0.05, 0.1) is 0 Å². The van der Waals surface area contributed by atoms with Crippen LogP contribution in [0.4, 0.5) is 0 Å². The Labute approximate surface area is 178 Å². The van der Waals surface area contributed by atoms with E-state index in [1.807, 2.05) is 0 Å². The summed E-state index contributed by atoms with van der Waals surface area (Å²) in [6, 6.07) is 0. The molecule has 0 aromatic rings. The summed E-state index contributed by atoms with van der Waals surface area (Å²) >= 11 is -1.37. The average molecular weight is 496 g/mol. The molecule has 0 aromatic carbocycles. The minimum absolute atomic E-state index is 0.195. The standard InChI is InChI=1S/C18H29AsO9S/c1-7-8-19(6)29-18-17(27-13(5)23)16(26-12(4)22)15(25-11(3)21)14(28-18)9-24-10(2)20/h14-18H,7-9H2,1-6H3/t14-,15-,16+,17-,18+,19?/m1/s1. The summed E-state index contributed by atoms with van der Waals surface area (Å²) in [5, 5.41) is 1.03. The van der Waals surface area contributed by atoms with Crippen LogP contribution in [0.2, 0.25) is 10.9 Å². The van der Waals surface area contributed by atoms with E-state index in [1.165, 1.54) is 27.7 Å². The van der Waals surface area contributed by atoms with Gasteiger partial charge in [0.1, 0.15) is 0 Å². The zero-order valence-corrected chi connectivity index (χ0v) is 20.2. The van der Waals surface area contributed by atoms with Crippen LogP contribution in [0.25, 0.3) is 0 Å². The molecule has 0 amide bonds. The van der Waals surface area contributed by atoms with Crippen molar-refractivity contribution in [2.45, 2.75) is 81.8 Å². The van der Waals surface area contributed by atoms with Crippen LogP contribution in [0.1, 0.15) is 41.0 Å². The molecule has 166 valence electrons. The SMILES string of the molecule is CCC[As](C)S[C@@H]1O[C@H](COC(C)=O)[C@@H](OC(C)=O)[C@H](OC(C)=O)[C@H]1OC(C)=O. The molecule has 0 bridgehead atoms. The topological polar surface area (TPSA) is 114 Å². The molecule has 0 aliphatic carbocycles. The molecular weight excluding hydrogens is 467 g/mol. The van der Waals surface area contributed by atoms with Crippen molar-refractivity contribution in [2.24, 2.45) is 0 Å². The zero-order chi connectivity index (χ0) is 22.1. The molecule has 1 saturated heterocycles. The number of ether oxygens (including phenoxy) is 5. The molecule has 29 heavy (non-hydrogen) atoms. The van der Waals surface area contributed by atoms with Gasteiger partial charge in [-0.1, -0.05) is 0 Å². The van der Waals surface area contributed by atoms with Crippen molar-refractivity contribution in [1.82, 2.24) is 0 Å². The van der Waals surface area contributed by atoms with Gasteiger partial charge in [0.25, 0.3) is 0 Å². The molecule has 11 heteroatoms. The van der Waals surface area contributed by atoms with Crippen molar-refractivity contribution in [3.05, 3.63) is 0 Å². The third-order valence-corrected chi connectivity index (χ3v) is 11.5. The molecule has 6 atom stereocenters. The Morgan fingerprint density at radius 3 is 1.86 bits per heavy atom. The molecule has 0 spiro atoms. The van der Waals surface area contributed by atoms with Gasteiger partial charge in [-0.2, -0.15) is 0 Å². The number of hydrogen-bond donors (Lipinski definition) is 0. The quantitative estimate of drug-likeness (QED) is 0.266. The monoisotopic (exact) mass is 496 g/mol. The van der Waals surface area contributed by atoms with Crippen LogP contribution in [-0.4, -0.2) is 73.8 Å². The second-order valence-electron chi connectivity index (χ2n) is 6.52. The van der Waals surface area contributed by atoms with Gasteiger partial charge in [-0.25, -0.2) is 0 Å². The Bertz CT molecular complexity index is 600. The van der Waals surface area contributed by atoms with Crippen LogP contribution < -0.4 is 0 Å². The number of rotatable bonds is 9. The van der Waals surface area contributed by atoms with E-state index in [1.54, 1.807) is 10.0 Å². The Balaban J connectivity index is 3.28.